The Balaban J connectivity index is 1.83. The van der Waals surface area contributed by atoms with Crippen LogP contribution in [0.15, 0.2) is 49.3 Å². The number of nitrogens with one attached hydrogen (secondary N) is 4. The summed E-state index contributed by atoms with van der Waals surface area (Å²) in [6.07, 6.45) is 5.16. The van der Waals surface area contributed by atoms with Crippen molar-refractivity contribution in [3.8, 4) is 28.8 Å². The Morgan fingerprint density at radius 1 is 1.37 bits per heavy atom. The van der Waals surface area contributed by atoms with Gasteiger partial charge < -0.3 is 25.7 Å². The van der Waals surface area contributed by atoms with Gasteiger partial charge in [0.2, 0.25) is 5.91 Å². The number of carbonyl (C=O) groups excluding carboxylic acids is 2. The van der Waals surface area contributed by atoms with Gasteiger partial charge in [-0.2, -0.15) is 0 Å². The van der Waals surface area contributed by atoms with Gasteiger partial charge in [0, 0.05) is 36.6 Å². The van der Waals surface area contributed by atoms with Crippen LogP contribution < -0.4 is 20.7 Å². The normalized spacial score (nSPS) is 12.9. The summed E-state index contributed by atoms with van der Waals surface area (Å²) in [7, 11) is 1.54. The zero-order chi connectivity index (χ0) is 24.9. The predicted molar refractivity (Wildman–Crippen MR) is 136 cm³/mol. The third-order valence-corrected chi connectivity index (χ3v) is 5.75. The predicted octanol–water partition coefficient (Wildman–Crippen LogP) is 3.81. The number of fused-ring (bicyclic) bond motifs is 1. The summed E-state index contributed by atoms with van der Waals surface area (Å²) in [6.45, 7) is 5.77. The van der Waals surface area contributed by atoms with E-state index >= 15 is 0 Å². The largest absolute Gasteiger partial charge is 0.493 e. The molecule has 0 fully saturated rings. The second kappa shape index (κ2) is 10.4. The summed E-state index contributed by atoms with van der Waals surface area (Å²) in [5.74, 6) is 6.10. The highest BCUT2D eigenvalue weighted by atomic mass is 35.5. The van der Waals surface area contributed by atoms with Crippen molar-refractivity contribution in [2.24, 2.45) is 0 Å². The number of methoxy groups -OCH3 is 1. The van der Waals surface area contributed by atoms with Gasteiger partial charge in [0.15, 0.2) is 5.75 Å². The van der Waals surface area contributed by atoms with Gasteiger partial charge in [-0.05, 0) is 31.2 Å². The van der Waals surface area contributed by atoms with Gasteiger partial charge in [0.25, 0.3) is 5.91 Å². The van der Waals surface area contributed by atoms with Crippen molar-refractivity contribution in [3.05, 3.63) is 71.2 Å². The highest BCUT2D eigenvalue weighted by Crippen LogP contribution is 2.41. The molecule has 2 amide bonds. The number of para-hydroxylation sites is 1. The molecule has 0 aliphatic carbocycles. The van der Waals surface area contributed by atoms with Crippen LogP contribution in [0.4, 0.5) is 11.4 Å². The monoisotopic (exact) mass is 489 g/mol. The maximum atomic E-state index is 12.9. The van der Waals surface area contributed by atoms with Crippen LogP contribution in [-0.4, -0.2) is 41.5 Å². The molecular weight excluding hydrogens is 466 g/mol. The van der Waals surface area contributed by atoms with Gasteiger partial charge in [0.1, 0.15) is 0 Å². The van der Waals surface area contributed by atoms with Gasteiger partial charge in [-0.3, -0.25) is 14.6 Å². The van der Waals surface area contributed by atoms with Crippen LogP contribution in [0.5, 0.6) is 5.75 Å². The first-order chi connectivity index (χ1) is 16.9. The highest BCUT2D eigenvalue weighted by molar-refractivity contribution is 6.32. The van der Waals surface area contributed by atoms with E-state index in [0.29, 0.717) is 51.9 Å². The lowest BCUT2D eigenvalue weighted by atomic mass is 10.0. The number of rotatable bonds is 6. The van der Waals surface area contributed by atoms with Gasteiger partial charge >= 0.3 is 0 Å². The lowest BCUT2D eigenvalue weighted by Crippen LogP contribution is -2.31. The molecule has 3 heterocycles. The Morgan fingerprint density at radius 3 is 2.97 bits per heavy atom. The van der Waals surface area contributed by atoms with Crippen LogP contribution >= 0.6 is 11.6 Å². The number of aromatic nitrogens is 2. The Morgan fingerprint density at radius 2 is 2.20 bits per heavy atom. The fourth-order valence-corrected chi connectivity index (χ4v) is 4.11. The van der Waals surface area contributed by atoms with E-state index in [9.17, 15) is 9.59 Å². The van der Waals surface area contributed by atoms with Crippen LogP contribution in [0.2, 0.25) is 5.02 Å². The molecule has 178 valence electrons. The maximum absolute atomic E-state index is 12.9. The van der Waals surface area contributed by atoms with E-state index in [1.807, 2.05) is 12.1 Å². The third-order valence-electron chi connectivity index (χ3n) is 5.45. The molecule has 3 aromatic rings. The van der Waals surface area contributed by atoms with Gasteiger partial charge in [-0.15, -0.1) is 0 Å². The molecule has 0 radical (unpaired) electrons. The summed E-state index contributed by atoms with van der Waals surface area (Å²) in [5.41, 5.74) is 4.60. The Bertz CT molecular complexity index is 1370. The number of nitrogens with zero attached hydrogens (tertiary/aromatic N) is 1. The van der Waals surface area contributed by atoms with E-state index in [-0.39, 0.29) is 11.8 Å². The molecule has 0 saturated carbocycles. The van der Waals surface area contributed by atoms with Crippen LogP contribution in [-0.2, 0) is 11.2 Å². The van der Waals surface area contributed by atoms with Crippen molar-refractivity contribution < 1.29 is 14.3 Å². The number of benzene rings is 1. The number of aromatic amines is 1. The van der Waals surface area contributed by atoms with Gasteiger partial charge in [0.05, 0.1) is 46.4 Å². The fourth-order valence-electron chi connectivity index (χ4n) is 3.86. The van der Waals surface area contributed by atoms with E-state index < -0.39 is 6.04 Å². The standard InChI is InChI=1S/C26H24ClN5O3/c1-4-21(33)30-15(2)8-9-16-14-28-12-10-17(16)23-24(22-19(31-23)11-13-29-26(22)34)32-20-7-5-6-18(27)25(20)35-3/h4-7,10,12,14-15,31-32H,1,11,13H2,2-3H3,(H,29,34)(H,30,33)/t15-/m1/s1. The van der Waals surface area contributed by atoms with Crippen molar-refractivity contribution >= 4 is 34.8 Å². The molecule has 35 heavy (non-hydrogen) atoms. The minimum atomic E-state index is -0.399. The molecule has 0 unspecified atom stereocenters. The van der Waals surface area contributed by atoms with Crippen molar-refractivity contribution in [2.75, 3.05) is 19.0 Å². The summed E-state index contributed by atoms with van der Waals surface area (Å²) in [5, 5.41) is 9.42. The number of hydrogen-bond acceptors (Lipinski definition) is 5. The number of carbonyl (C=O) groups is 2. The van der Waals surface area contributed by atoms with Gasteiger partial charge in [-0.25, -0.2) is 0 Å². The van der Waals surface area contributed by atoms with Crippen molar-refractivity contribution in [3.63, 3.8) is 0 Å². The topological polar surface area (TPSA) is 108 Å². The summed E-state index contributed by atoms with van der Waals surface area (Å²) in [6, 6.07) is 6.78. The van der Waals surface area contributed by atoms with Crippen LogP contribution in [0.1, 0.15) is 28.5 Å². The van der Waals surface area contributed by atoms with Crippen molar-refractivity contribution in [1.82, 2.24) is 20.6 Å². The molecule has 0 saturated heterocycles. The molecule has 2 aromatic heterocycles. The first-order valence-corrected chi connectivity index (χ1v) is 11.3. The van der Waals surface area contributed by atoms with Crippen molar-refractivity contribution in [1.29, 1.82) is 0 Å². The number of anilines is 2. The number of ether oxygens (including phenoxy) is 1. The Kier molecular flexibility index (Phi) is 7.09. The smallest absolute Gasteiger partial charge is 0.255 e. The maximum Gasteiger partial charge on any atom is 0.255 e. The third kappa shape index (κ3) is 5.00. The van der Waals surface area contributed by atoms with E-state index in [1.54, 1.807) is 31.5 Å². The Labute approximate surface area is 208 Å². The molecule has 8 nitrogen and oxygen atoms in total. The first kappa shape index (κ1) is 23.9. The molecule has 1 aliphatic rings. The van der Waals surface area contributed by atoms with Gasteiger partial charge in [-0.1, -0.05) is 36.1 Å². The second-order valence-corrected chi connectivity index (χ2v) is 8.21. The first-order valence-electron chi connectivity index (χ1n) is 10.9. The number of halogens is 1. The van der Waals surface area contributed by atoms with Crippen LogP contribution in [0.25, 0.3) is 11.3 Å². The zero-order valence-electron chi connectivity index (χ0n) is 19.3. The van der Waals surface area contributed by atoms with Crippen LogP contribution in [0.3, 0.4) is 0 Å². The molecule has 1 atom stereocenters. The summed E-state index contributed by atoms with van der Waals surface area (Å²) >= 11 is 6.33. The lowest BCUT2D eigenvalue weighted by Gasteiger charge is -2.17. The zero-order valence-corrected chi connectivity index (χ0v) is 20.0. The minimum Gasteiger partial charge on any atom is -0.493 e. The Hall–Kier alpha value is -4.22. The summed E-state index contributed by atoms with van der Waals surface area (Å²) in [4.78, 5) is 32.1. The molecule has 4 N–H and O–H groups in total. The van der Waals surface area contributed by atoms with Crippen molar-refractivity contribution in [2.45, 2.75) is 19.4 Å². The number of hydrogen-bond donors (Lipinski definition) is 4. The van der Waals surface area contributed by atoms with Crippen LogP contribution in [0, 0.1) is 11.8 Å². The number of H-pyrrole nitrogens is 1. The van der Waals surface area contributed by atoms with E-state index in [2.05, 4.69) is 44.3 Å². The molecule has 1 aromatic carbocycles. The molecule has 4 rings (SSSR count). The second-order valence-electron chi connectivity index (χ2n) is 7.81. The average molecular weight is 490 g/mol. The average Bonchev–Trinajstić information content (AvgIpc) is 3.22. The SMILES string of the molecule is C=CC(=O)N[C@H](C)C#Cc1cnccc1-c1[nH]c2c(c1Nc1cccc(Cl)c1OC)C(=O)NCC2. The quantitative estimate of drug-likeness (QED) is 0.311. The number of amides is 2. The van der Waals surface area contributed by atoms with E-state index in [1.165, 1.54) is 13.2 Å². The highest BCUT2D eigenvalue weighted by Gasteiger charge is 2.28. The molecule has 1 aliphatic heterocycles. The lowest BCUT2D eigenvalue weighted by molar-refractivity contribution is -0.116. The van der Waals surface area contributed by atoms with E-state index in [4.69, 9.17) is 16.3 Å². The molecule has 9 heteroatoms. The van der Waals surface area contributed by atoms with E-state index in [0.717, 1.165) is 11.3 Å². The summed E-state index contributed by atoms with van der Waals surface area (Å²) < 4.78 is 5.49. The number of pyridine rings is 1. The molecule has 0 spiro atoms. The fraction of sp³-hybridized carbons (Fsp3) is 0.192. The molecule has 0 bridgehead atoms. The molecular formula is C26H24ClN5O3. The minimum absolute atomic E-state index is 0.181.